The molecule has 1 heterocycles. The van der Waals surface area contributed by atoms with E-state index in [2.05, 4.69) is 43.0 Å². The normalized spacial score (nSPS) is 14.3. The highest BCUT2D eigenvalue weighted by Gasteiger charge is 2.47. The van der Waals surface area contributed by atoms with Crippen LogP contribution >= 0.6 is 11.3 Å². The van der Waals surface area contributed by atoms with E-state index < -0.39 is 23.9 Å². The van der Waals surface area contributed by atoms with Crippen molar-refractivity contribution in [2.75, 3.05) is 0 Å². The lowest BCUT2D eigenvalue weighted by Crippen LogP contribution is -2.40. The van der Waals surface area contributed by atoms with Crippen LogP contribution in [0.3, 0.4) is 0 Å². The first-order chi connectivity index (χ1) is 10.7. The smallest absolute Gasteiger partial charge is 0.411 e. The summed E-state index contributed by atoms with van der Waals surface area (Å²) in [5, 5.41) is 2.07. The number of nitrogens with zero attached hydrogens (tertiary/aromatic N) is 1. The summed E-state index contributed by atoms with van der Waals surface area (Å²) in [4.78, 5) is 4.15. The highest BCUT2D eigenvalue weighted by atomic mass is 32.2. The zero-order chi connectivity index (χ0) is 18.8. The van der Waals surface area contributed by atoms with E-state index in [0.29, 0.717) is 23.6 Å². The monoisotopic (exact) mass is 403 g/mol. The van der Waals surface area contributed by atoms with E-state index in [4.69, 9.17) is 4.43 Å². The van der Waals surface area contributed by atoms with Gasteiger partial charge < -0.3 is 8.61 Å². The zero-order valence-corrected chi connectivity index (χ0v) is 16.6. The van der Waals surface area contributed by atoms with E-state index in [1.165, 1.54) is 0 Å². The topological polar surface area (TPSA) is 65.5 Å². The standard InChI is InChI=1S/C13H20F3NO4S2Si/c1-12(2,3)24(4,5)21-8-10-9-22-11(17-10)6-7-20-23(18,19)13(14,15)16/h6-7,9H,8H2,1-5H3. The number of thiazole rings is 1. The van der Waals surface area contributed by atoms with Gasteiger partial charge in [-0.25, -0.2) is 4.98 Å². The number of aromatic nitrogens is 1. The number of hydrogen-bond acceptors (Lipinski definition) is 6. The highest BCUT2D eigenvalue weighted by Crippen LogP contribution is 2.37. The molecule has 1 aromatic heterocycles. The van der Waals surface area contributed by atoms with Crippen molar-refractivity contribution in [3.63, 3.8) is 0 Å². The molecule has 0 aromatic carbocycles. The quantitative estimate of drug-likeness (QED) is 0.303. The molecule has 0 amide bonds. The molecular weight excluding hydrogens is 383 g/mol. The molecule has 1 rings (SSSR count). The van der Waals surface area contributed by atoms with Crippen LogP contribution in [0.1, 0.15) is 31.5 Å². The molecule has 0 N–H and O–H groups in total. The minimum Gasteiger partial charge on any atom is -0.411 e. The number of alkyl halides is 3. The highest BCUT2D eigenvalue weighted by molar-refractivity contribution is 7.87. The Kier molecular flexibility index (Phi) is 6.29. The van der Waals surface area contributed by atoms with E-state index in [1.807, 2.05) is 0 Å². The molecular formula is C13H20F3NO4S2Si. The summed E-state index contributed by atoms with van der Waals surface area (Å²) in [6, 6.07) is 0. The summed E-state index contributed by atoms with van der Waals surface area (Å²) in [7, 11) is -7.57. The third kappa shape index (κ3) is 5.57. The summed E-state index contributed by atoms with van der Waals surface area (Å²) in [6.07, 6.45) is 1.52. The van der Waals surface area contributed by atoms with Crippen molar-refractivity contribution in [3.05, 3.63) is 22.3 Å². The van der Waals surface area contributed by atoms with E-state index in [9.17, 15) is 21.6 Å². The molecule has 0 aliphatic heterocycles. The maximum atomic E-state index is 12.1. The van der Waals surface area contributed by atoms with Crippen LogP contribution in [-0.2, 0) is 25.3 Å². The fraction of sp³-hybridized carbons (Fsp3) is 0.615. The van der Waals surface area contributed by atoms with Crippen LogP contribution in [0.25, 0.3) is 6.08 Å². The lowest BCUT2D eigenvalue weighted by molar-refractivity contribution is -0.0514. The second-order valence-electron chi connectivity index (χ2n) is 6.52. The predicted octanol–water partition coefficient (Wildman–Crippen LogP) is 4.50. The third-order valence-corrected chi connectivity index (χ3v) is 9.90. The van der Waals surface area contributed by atoms with Crippen molar-refractivity contribution >= 4 is 35.8 Å². The van der Waals surface area contributed by atoms with Gasteiger partial charge in [0.25, 0.3) is 0 Å². The van der Waals surface area contributed by atoms with E-state index >= 15 is 0 Å². The van der Waals surface area contributed by atoms with Crippen LogP contribution in [0.2, 0.25) is 18.1 Å². The van der Waals surface area contributed by atoms with Gasteiger partial charge >= 0.3 is 15.6 Å². The van der Waals surface area contributed by atoms with Gasteiger partial charge in [-0.2, -0.15) is 21.6 Å². The number of halogens is 3. The summed E-state index contributed by atoms with van der Waals surface area (Å²) < 4.78 is 67.5. The van der Waals surface area contributed by atoms with E-state index in [-0.39, 0.29) is 5.04 Å². The van der Waals surface area contributed by atoms with Gasteiger partial charge in [0.05, 0.1) is 12.3 Å². The Morgan fingerprint density at radius 1 is 1.29 bits per heavy atom. The van der Waals surface area contributed by atoms with Gasteiger partial charge in [-0.05, 0) is 18.1 Å². The Labute approximate surface area is 144 Å². The maximum Gasteiger partial charge on any atom is 0.534 e. The van der Waals surface area contributed by atoms with E-state index in [1.54, 1.807) is 5.38 Å². The van der Waals surface area contributed by atoms with Crippen LogP contribution in [-0.4, -0.2) is 27.2 Å². The molecule has 0 unspecified atom stereocenters. The fourth-order valence-corrected chi connectivity index (χ4v) is 3.08. The molecule has 5 nitrogen and oxygen atoms in total. The molecule has 11 heteroatoms. The molecule has 0 spiro atoms. The van der Waals surface area contributed by atoms with Crippen molar-refractivity contribution < 1.29 is 30.2 Å². The molecule has 0 aliphatic rings. The van der Waals surface area contributed by atoms with Crippen molar-refractivity contribution in [2.45, 2.75) is 51.0 Å². The van der Waals surface area contributed by atoms with Crippen LogP contribution in [0, 0.1) is 0 Å². The minimum atomic E-state index is -5.64. The van der Waals surface area contributed by atoms with E-state index in [0.717, 1.165) is 17.4 Å². The van der Waals surface area contributed by atoms with Gasteiger partial charge in [0, 0.05) is 11.5 Å². The van der Waals surface area contributed by atoms with Crippen LogP contribution in [0.15, 0.2) is 11.6 Å². The largest absolute Gasteiger partial charge is 0.534 e. The van der Waals surface area contributed by atoms with Gasteiger partial charge in [0.1, 0.15) is 11.3 Å². The van der Waals surface area contributed by atoms with Gasteiger partial charge in [-0.15, -0.1) is 11.3 Å². The second kappa shape index (κ2) is 7.14. The Bertz CT molecular complexity index is 691. The third-order valence-electron chi connectivity index (χ3n) is 3.63. The molecule has 24 heavy (non-hydrogen) atoms. The van der Waals surface area contributed by atoms with Crippen molar-refractivity contribution in [1.29, 1.82) is 0 Å². The Morgan fingerprint density at radius 3 is 2.38 bits per heavy atom. The Balaban J connectivity index is 2.66. The minimum absolute atomic E-state index is 0.0472. The Hall–Kier alpha value is -0.913. The lowest BCUT2D eigenvalue weighted by atomic mass is 10.2. The average molecular weight is 404 g/mol. The van der Waals surface area contributed by atoms with Gasteiger partial charge in [-0.3, -0.25) is 0 Å². The zero-order valence-electron chi connectivity index (χ0n) is 14.0. The van der Waals surface area contributed by atoms with Crippen molar-refractivity contribution in [3.8, 4) is 0 Å². The predicted molar refractivity (Wildman–Crippen MR) is 89.2 cm³/mol. The summed E-state index contributed by atoms with van der Waals surface area (Å²) in [5.74, 6) is 0. The lowest BCUT2D eigenvalue weighted by Gasteiger charge is -2.35. The second-order valence-corrected chi connectivity index (χ2v) is 13.8. The van der Waals surface area contributed by atoms with Crippen molar-refractivity contribution in [2.24, 2.45) is 0 Å². The molecule has 0 aliphatic carbocycles. The first-order valence-corrected chi connectivity index (χ1v) is 12.1. The first kappa shape index (κ1) is 21.1. The van der Waals surface area contributed by atoms with Crippen LogP contribution in [0.5, 0.6) is 0 Å². The molecule has 0 fully saturated rings. The molecule has 0 atom stereocenters. The molecule has 0 radical (unpaired) electrons. The molecule has 1 aromatic rings. The molecule has 0 saturated heterocycles. The van der Waals surface area contributed by atoms with Crippen molar-refractivity contribution in [1.82, 2.24) is 4.98 Å². The van der Waals surface area contributed by atoms with Gasteiger partial charge in [0.15, 0.2) is 8.32 Å². The number of rotatable bonds is 6. The number of hydrogen-bond donors (Lipinski definition) is 0. The average Bonchev–Trinajstić information content (AvgIpc) is 2.81. The van der Waals surface area contributed by atoms with Crippen LogP contribution in [0.4, 0.5) is 13.2 Å². The summed E-state index contributed by atoms with van der Waals surface area (Å²) in [5.41, 5.74) is -4.83. The fourth-order valence-electron chi connectivity index (χ4n) is 1.15. The van der Waals surface area contributed by atoms with Gasteiger partial charge in [-0.1, -0.05) is 20.8 Å². The van der Waals surface area contributed by atoms with Gasteiger partial charge in [0.2, 0.25) is 0 Å². The Morgan fingerprint density at radius 2 is 1.88 bits per heavy atom. The SMILES string of the molecule is CC(C)(C)[Si](C)(C)OCc1csc(C=COS(=O)(=O)C(F)(F)F)n1. The summed E-state index contributed by atoms with van der Waals surface area (Å²) >= 11 is 1.15. The van der Waals surface area contributed by atoms with Crippen LogP contribution < -0.4 is 0 Å². The molecule has 0 bridgehead atoms. The first-order valence-electron chi connectivity index (χ1n) is 6.90. The molecule has 138 valence electrons. The molecule has 0 saturated carbocycles. The summed E-state index contributed by atoms with van der Waals surface area (Å²) in [6.45, 7) is 10.8. The maximum absolute atomic E-state index is 12.1.